The molecule has 1 aromatic rings. The summed E-state index contributed by atoms with van der Waals surface area (Å²) in [4.78, 5) is 20.8. The Morgan fingerprint density at radius 2 is 2.29 bits per heavy atom. The number of hydrogen-bond acceptors (Lipinski definition) is 3. The van der Waals surface area contributed by atoms with E-state index in [9.17, 15) is 9.59 Å². The van der Waals surface area contributed by atoms with Crippen LogP contribution in [0.25, 0.3) is 0 Å². The Labute approximate surface area is 88.6 Å². The van der Waals surface area contributed by atoms with Crippen molar-refractivity contribution in [2.24, 2.45) is 0 Å². The molecule has 0 saturated carbocycles. The number of ether oxygens (including phenoxy) is 1. The molecule has 0 atom stereocenters. The first-order valence-electron chi connectivity index (χ1n) is 3.74. The van der Waals surface area contributed by atoms with Gasteiger partial charge in [0, 0.05) is 4.47 Å². The number of aromatic carboxylic acids is 1. The molecule has 0 unspecified atom stereocenters. The second kappa shape index (κ2) is 4.76. The summed E-state index contributed by atoms with van der Waals surface area (Å²) >= 11 is 3.14. The molecule has 1 N–H and O–H groups in total. The van der Waals surface area contributed by atoms with Gasteiger partial charge >= 0.3 is 5.97 Å². The number of benzene rings is 1. The second-order valence-corrected chi connectivity index (χ2v) is 3.34. The third kappa shape index (κ3) is 2.56. The summed E-state index contributed by atoms with van der Waals surface area (Å²) in [5.41, 5.74) is 0.0289. The number of carbonyl (C=O) groups is 2. The maximum Gasteiger partial charge on any atom is 0.339 e. The topological polar surface area (TPSA) is 63.6 Å². The smallest absolute Gasteiger partial charge is 0.339 e. The largest absolute Gasteiger partial charge is 0.485 e. The highest BCUT2D eigenvalue weighted by Crippen LogP contribution is 2.22. The molecule has 74 valence electrons. The van der Waals surface area contributed by atoms with E-state index in [0.717, 1.165) is 0 Å². The Hall–Kier alpha value is -1.36. The molecule has 4 nitrogen and oxygen atoms in total. The average molecular weight is 259 g/mol. The highest BCUT2D eigenvalue weighted by molar-refractivity contribution is 9.10. The first kappa shape index (κ1) is 10.7. The quantitative estimate of drug-likeness (QED) is 0.836. The van der Waals surface area contributed by atoms with Gasteiger partial charge in [0.05, 0.1) is 0 Å². The van der Waals surface area contributed by atoms with Crippen LogP contribution in [-0.2, 0) is 4.79 Å². The van der Waals surface area contributed by atoms with Crippen molar-refractivity contribution in [3.63, 3.8) is 0 Å². The Balaban J connectivity index is 3.01. The maximum absolute atomic E-state index is 10.7. The second-order valence-electron chi connectivity index (χ2n) is 2.42. The Morgan fingerprint density at radius 1 is 1.57 bits per heavy atom. The van der Waals surface area contributed by atoms with E-state index in [2.05, 4.69) is 15.9 Å². The molecule has 1 rings (SSSR count). The highest BCUT2D eigenvalue weighted by Gasteiger charge is 2.11. The van der Waals surface area contributed by atoms with Gasteiger partial charge in [-0.2, -0.15) is 0 Å². The minimum Gasteiger partial charge on any atom is -0.485 e. The molecule has 0 heterocycles. The van der Waals surface area contributed by atoms with Gasteiger partial charge in [0.25, 0.3) is 0 Å². The van der Waals surface area contributed by atoms with E-state index in [1.54, 1.807) is 6.07 Å². The fraction of sp³-hybridized carbons (Fsp3) is 0.111. The third-order valence-corrected chi connectivity index (χ3v) is 1.97. The lowest BCUT2D eigenvalue weighted by Crippen LogP contribution is -2.04. The Kier molecular flexibility index (Phi) is 3.64. The molecule has 0 spiro atoms. The van der Waals surface area contributed by atoms with E-state index in [0.29, 0.717) is 10.8 Å². The minimum atomic E-state index is -1.09. The monoisotopic (exact) mass is 258 g/mol. The molecule has 0 amide bonds. The third-order valence-electron chi connectivity index (χ3n) is 1.48. The summed E-state index contributed by atoms with van der Waals surface area (Å²) in [5.74, 6) is -0.903. The van der Waals surface area contributed by atoms with Crippen LogP contribution in [0.15, 0.2) is 22.7 Å². The van der Waals surface area contributed by atoms with Gasteiger partial charge in [-0.05, 0) is 18.2 Å². The van der Waals surface area contributed by atoms with E-state index < -0.39 is 5.97 Å². The van der Waals surface area contributed by atoms with Crippen molar-refractivity contribution in [2.75, 3.05) is 6.61 Å². The fourth-order valence-corrected chi connectivity index (χ4v) is 1.28. The van der Waals surface area contributed by atoms with Crippen molar-refractivity contribution in [1.29, 1.82) is 0 Å². The van der Waals surface area contributed by atoms with Gasteiger partial charge in [-0.25, -0.2) is 4.79 Å². The van der Waals surface area contributed by atoms with Crippen LogP contribution >= 0.6 is 15.9 Å². The number of carboxylic acid groups (broad SMARTS) is 1. The van der Waals surface area contributed by atoms with E-state index in [4.69, 9.17) is 9.84 Å². The summed E-state index contributed by atoms with van der Waals surface area (Å²) in [7, 11) is 0. The van der Waals surface area contributed by atoms with Crippen molar-refractivity contribution in [3.8, 4) is 5.75 Å². The fourth-order valence-electron chi connectivity index (χ4n) is 0.919. The van der Waals surface area contributed by atoms with Gasteiger partial charge in [0.2, 0.25) is 0 Å². The van der Waals surface area contributed by atoms with Crippen LogP contribution in [0.3, 0.4) is 0 Å². The van der Waals surface area contributed by atoms with Gasteiger partial charge in [-0.1, -0.05) is 15.9 Å². The molecule has 0 fully saturated rings. The van der Waals surface area contributed by atoms with Gasteiger partial charge < -0.3 is 9.84 Å². The number of rotatable bonds is 4. The molecule has 0 radical (unpaired) electrons. The number of carboxylic acids is 1. The SMILES string of the molecule is O=CCOc1ccc(Br)cc1C(=O)O. The predicted octanol–water partition coefficient (Wildman–Crippen LogP) is 1.72. The predicted molar refractivity (Wildman–Crippen MR) is 52.7 cm³/mol. The molecular formula is C9H7BrO4. The van der Waals surface area contributed by atoms with Crippen LogP contribution in [0.5, 0.6) is 5.75 Å². The molecule has 0 aliphatic carbocycles. The standard InChI is InChI=1S/C9H7BrO4/c10-6-1-2-8(14-4-3-11)7(5-6)9(12)13/h1-3,5H,4H2,(H,12,13). The normalized spacial score (nSPS) is 9.50. The van der Waals surface area contributed by atoms with Crippen LogP contribution in [0, 0.1) is 0 Å². The molecule has 5 heteroatoms. The van der Waals surface area contributed by atoms with Crippen molar-refractivity contribution >= 4 is 28.2 Å². The summed E-state index contributed by atoms with van der Waals surface area (Å²) < 4.78 is 5.58. The maximum atomic E-state index is 10.7. The molecule has 0 aliphatic heterocycles. The zero-order chi connectivity index (χ0) is 10.6. The van der Waals surface area contributed by atoms with Gasteiger partial charge in [-0.3, -0.25) is 4.79 Å². The molecule has 0 saturated heterocycles. The highest BCUT2D eigenvalue weighted by atomic mass is 79.9. The van der Waals surface area contributed by atoms with Crippen molar-refractivity contribution in [1.82, 2.24) is 0 Å². The van der Waals surface area contributed by atoms with Crippen LogP contribution in [0.1, 0.15) is 10.4 Å². The van der Waals surface area contributed by atoms with Gasteiger partial charge in [0.15, 0.2) is 6.29 Å². The lowest BCUT2D eigenvalue weighted by Gasteiger charge is -2.06. The summed E-state index contributed by atoms with van der Waals surface area (Å²) in [6, 6.07) is 4.56. The van der Waals surface area contributed by atoms with Crippen LogP contribution in [0.4, 0.5) is 0 Å². The van der Waals surface area contributed by atoms with Crippen LogP contribution < -0.4 is 4.74 Å². The van der Waals surface area contributed by atoms with E-state index in [1.165, 1.54) is 12.1 Å². The zero-order valence-corrected chi connectivity index (χ0v) is 8.65. The van der Waals surface area contributed by atoms with Crippen molar-refractivity contribution < 1.29 is 19.4 Å². The number of hydrogen-bond donors (Lipinski definition) is 1. The molecule has 0 aromatic heterocycles. The minimum absolute atomic E-state index is 0.0289. The number of aldehydes is 1. The van der Waals surface area contributed by atoms with Gasteiger partial charge in [0.1, 0.15) is 17.9 Å². The van der Waals surface area contributed by atoms with Crippen LogP contribution in [0.2, 0.25) is 0 Å². The lowest BCUT2D eigenvalue weighted by molar-refractivity contribution is -0.109. The number of carbonyl (C=O) groups excluding carboxylic acids is 1. The molecule has 0 aliphatic rings. The molecule has 14 heavy (non-hydrogen) atoms. The van der Waals surface area contributed by atoms with Gasteiger partial charge in [-0.15, -0.1) is 0 Å². The molecular weight excluding hydrogens is 252 g/mol. The van der Waals surface area contributed by atoms with Crippen molar-refractivity contribution in [3.05, 3.63) is 28.2 Å². The summed E-state index contributed by atoms with van der Waals surface area (Å²) in [6.07, 6.45) is 0.563. The first-order chi connectivity index (χ1) is 6.65. The zero-order valence-electron chi connectivity index (χ0n) is 7.07. The molecule has 1 aromatic carbocycles. The number of halogens is 1. The summed E-state index contributed by atoms with van der Waals surface area (Å²) in [6.45, 7) is -0.151. The van der Waals surface area contributed by atoms with E-state index in [1.807, 2.05) is 0 Å². The van der Waals surface area contributed by atoms with E-state index >= 15 is 0 Å². The first-order valence-corrected chi connectivity index (χ1v) is 4.53. The molecule has 0 bridgehead atoms. The lowest BCUT2D eigenvalue weighted by atomic mass is 10.2. The Morgan fingerprint density at radius 3 is 2.86 bits per heavy atom. The summed E-state index contributed by atoms with van der Waals surface area (Å²) in [5, 5.41) is 8.80. The van der Waals surface area contributed by atoms with Crippen LogP contribution in [-0.4, -0.2) is 24.0 Å². The Bertz CT molecular complexity index is 362. The van der Waals surface area contributed by atoms with E-state index in [-0.39, 0.29) is 17.9 Å². The van der Waals surface area contributed by atoms with Crippen molar-refractivity contribution in [2.45, 2.75) is 0 Å². The average Bonchev–Trinajstić information content (AvgIpc) is 2.15.